The van der Waals surface area contributed by atoms with E-state index in [0.717, 1.165) is 22.9 Å². The minimum Gasteiger partial charge on any atom is -0.336 e. The number of hydrogen-bond acceptors (Lipinski definition) is 3. The minimum absolute atomic E-state index is 0.0103. The van der Waals surface area contributed by atoms with Crippen molar-refractivity contribution in [3.63, 3.8) is 0 Å². The van der Waals surface area contributed by atoms with E-state index in [2.05, 4.69) is 17.1 Å². The first-order chi connectivity index (χ1) is 14.7. The van der Waals surface area contributed by atoms with Crippen LogP contribution in [0.2, 0.25) is 0 Å². The van der Waals surface area contributed by atoms with Gasteiger partial charge >= 0.3 is 5.69 Å². The lowest BCUT2D eigenvalue weighted by molar-refractivity contribution is -0.132. The van der Waals surface area contributed by atoms with E-state index in [1.165, 1.54) is 15.7 Å². The molecule has 4 aromatic rings. The summed E-state index contributed by atoms with van der Waals surface area (Å²) in [6.45, 7) is 1.23. The molecule has 0 radical (unpaired) electrons. The molecule has 5 nitrogen and oxygen atoms in total. The molecule has 30 heavy (non-hydrogen) atoms. The average molecular weight is 395 g/mol. The molecule has 0 bridgehead atoms. The molecule has 0 saturated heterocycles. The molecule has 0 fully saturated rings. The molecule has 148 valence electrons. The monoisotopic (exact) mass is 395 g/mol. The Hall–Kier alpha value is -3.73. The van der Waals surface area contributed by atoms with Gasteiger partial charge in [0, 0.05) is 24.0 Å². The van der Waals surface area contributed by atoms with Gasteiger partial charge in [-0.15, -0.1) is 0 Å². The standard InChI is InChI=1S/C25H21N3O2/c29-23(27-15-14-18-8-4-5-11-20(18)16-27)17-28-22-13-7-6-12-21(22)24(26-25(28)30)19-9-2-1-3-10-19/h1-13H,14-17H2. The third-order valence-electron chi connectivity index (χ3n) is 5.71. The van der Waals surface area contributed by atoms with Crippen molar-refractivity contribution in [2.24, 2.45) is 0 Å². The van der Waals surface area contributed by atoms with Crippen LogP contribution in [0.15, 0.2) is 83.7 Å². The van der Waals surface area contributed by atoms with Crippen LogP contribution in [0.1, 0.15) is 11.1 Å². The second-order valence-electron chi connectivity index (χ2n) is 7.55. The molecule has 0 saturated carbocycles. The van der Waals surface area contributed by atoms with Gasteiger partial charge in [0.05, 0.1) is 11.2 Å². The third-order valence-corrected chi connectivity index (χ3v) is 5.71. The Balaban J connectivity index is 1.51. The fraction of sp³-hybridized carbons (Fsp3) is 0.160. The summed E-state index contributed by atoms with van der Waals surface area (Å²) in [6, 6.07) is 25.5. The summed E-state index contributed by atoms with van der Waals surface area (Å²) in [4.78, 5) is 32.2. The Bertz CT molecular complexity index is 1290. The van der Waals surface area contributed by atoms with Crippen molar-refractivity contribution in [2.45, 2.75) is 19.5 Å². The average Bonchev–Trinajstić information content (AvgIpc) is 2.81. The second-order valence-corrected chi connectivity index (χ2v) is 7.55. The zero-order valence-electron chi connectivity index (χ0n) is 16.5. The van der Waals surface area contributed by atoms with Gasteiger partial charge < -0.3 is 4.90 Å². The molecule has 1 aliphatic rings. The Labute approximate surface area is 174 Å². The molecule has 1 amide bonds. The van der Waals surface area contributed by atoms with Crippen LogP contribution < -0.4 is 5.69 Å². The highest BCUT2D eigenvalue weighted by Gasteiger charge is 2.22. The van der Waals surface area contributed by atoms with Gasteiger partial charge in [0.1, 0.15) is 6.54 Å². The smallest absolute Gasteiger partial charge is 0.336 e. The Morgan fingerprint density at radius 3 is 2.40 bits per heavy atom. The minimum atomic E-state index is -0.404. The van der Waals surface area contributed by atoms with Gasteiger partial charge in [-0.1, -0.05) is 72.8 Å². The highest BCUT2D eigenvalue weighted by atomic mass is 16.2. The molecule has 1 aliphatic heterocycles. The summed E-state index contributed by atoms with van der Waals surface area (Å²) in [6.07, 6.45) is 0.836. The summed E-state index contributed by atoms with van der Waals surface area (Å²) in [7, 11) is 0. The predicted octanol–water partition coefficient (Wildman–Crippen LogP) is 3.65. The Kier molecular flexibility index (Phi) is 4.64. The molecular formula is C25H21N3O2. The van der Waals surface area contributed by atoms with Gasteiger partial charge in [0.25, 0.3) is 0 Å². The predicted molar refractivity (Wildman–Crippen MR) is 117 cm³/mol. The van der Waals surface area contributed by atoms with Crippen molar-refractivity contribution in [3.05, 3.63) is 100 Å². The first kappa shape index (κ1) is 18.3. The van der Waals surface area contributed by atoms with Gasteiger partial charge in [-0.05, 0) is 23.6 Å². The summed E-state index contributed by atoms with van der Waals surface area (Å²) in [5.41, 5.74) is 4.31. The fourth-order valence-electron chi connectivity index (χ4n) is 4.14. The topological polar surface area (TPSA) is 55.2 Å². The van der Waals surface area contributed by atoms with Crippen LogP contribution in [-0.2, 0) is 24.3 Å². The number of nitrogens with zero attached hydrogens (tertiary/aromatic N) is 3. The third kappa shape index (κ3) is 3.28. The van der Waals surface area contributed by atoms with Gasteiger partial charge in [-0.3, -0.25) is 9.36 Å². The molecular weight excluding hydrogens is 374 g/mol. The van der Waals surface area contributed by atoms with Crippen LogP contribution in [0, 0.1) is 0 Å². The van der Waals surface area contributed by atoms with Crippen molar-refractivity contribution in [2.75, 3.05) is 6.54 Å². The van der Waals surface area contributed by atoms with Crippen molar-refractivity contribution in [1.29, 1.82) is 0 Å². The van der Waals surface area contributed by atoms with Gasteiger partial charge in [0.15, 0.2) is 0 Å². The zero-order chi connectivity index (χ0) is 20.5. The quantitative estimate of drug-likeness (QED) is 0.532. The number of amides is 1. The van der Waals surface area contributed by atoms with Crippen LogP contribution in [-0.4, -0.2) is 26.9 Å². The Morgan fingerprint density at radius 2 is 1.57 bits per heavy atom. The maximum absolute atomic E-state index is 13.1. The summed E-state index contributed by atoms with van der Waals surface area (Å²) < 4.78 is 1.49. The summed E-state index contributed by atoms with van der Waals surface area (Å²) in [5, 5.41) is 0.861. The van der Waals surface area contributed by atoms with Crippen LogP contribution in [0.25, 0.3) is 22.2 Å². The van der Waals surface area contributed by atoms with Crippen molar-refractivity contribution in [1.82, 2.24) is 14.5 Å². The van der Waals surface area contributed by atoms with E-state index >= 15 is 0 Å². The molecule has 0 atom stereocenters. The zero-order valence-corrected chi connectivity index (χ0v) is 16.5. The number of benzene rings is 3. The lowest BCUT2D eigenvalue weighted by atomic mass is 10.00. The molecule has 5 rings (SSSR count). The van der Waals surface area contributed by atoms with E-state index < -0.39 is 5.69 Å². The number of aromatic nitrogens is 2. The SMILES string of the molecule is O=C(Cn1c(=O)nc(-c2ccccc2)c2ccccc21)N1CCc2ccccc2C1. The van der Waals surface area contributed by atoms with Gasteiger partial charge in [-0.2, -0.15) is 4.98 Å². The molecule has 5 heteroatoms. The van der Waals surface area contributed by atoms with Crippen LogP contribution in [0.4, 0.5) is 0 Å². The Morgan fingerprint density at radius 1 is 0.867 bits per heavy atom. The first-order valence-corrected chi connectivity index (χ1v) is 10.1. The summed E-state index contributed by atoms with van der Waals surface area (Å²) in [5.74, 6) is -0.0639. The lowest BCUT2D eigenvalue weighted by Crippen LogP contribution is -2.40. The molecule has 2 heterocycles. The maximum atomic E-state index is 13.1. The first-order valence-electron chi connectivity index (χ1n) is 10.1. The van der Waals surface area contributed by atoms with E-state index in [0.29, 0.717) is 18.8 Å². The van der Waals surface area contributed by atoms with Crippen LogP contribution >= 0.6 is 0 Å². The van der Waals surface area contributed by atoms with Crippen molar-refractivity contribution >= 4 is 16.8 Å². The molecule has 0 spiro atoms. The van der Waals surface area contributed by atoms with E-state index in [4.69, 9.17) is 0 Å². The van der Waals surface area contributed by atoms with E-state index in [1.807, 2.05) is 71.6 Å². The number of para-hydroxylation sites is 1. The largest absolute Gasteiger partial charge is 0.349 e. The van der Waals surface area contributed by atoms with Crippen LogP contribution in [0.3, 0.4) is 0 Å². The molecule has 0 aliphatic carbocycles. The van der Waals surface area contributed by atoms with Crippen LogP contribution in [0.5, 0.6) is 0 Å². The van der Waals surface area contributed by atoms with E-state index in [-0.39, 0.29) is 12.5 Å². The van der Waals surface area contributed by atoms with Gasteiger partial charge in [-0.25, -0.2) is 4.79 Å². The highest BCUT2D eigenvalue weighted by Crippen LogP contribution is 2.25. The summed E-state index contributed by atoms with van der Waals surface area (Å²) >= 11 is 0. The lowest BCUT2D eigenvalue weighted by Gasteiger charge is -2.29. The van der Waals surface area contributed by atoms with Gasteiger partial charge in [0.2, 0.25) is 5.91 Å². The van der Waals surface area contributed by atoms with Crippen molar-refractivity contribution in [3.8, 4) is 11.3 Å². The fourth-order valence-corrected chi connectivity index (χ4v) is 4.14. The number of fused-ring (bicyclic) bond motifs is 2. The number of rotatable bonds is 3. The van der Waals surface area contributed by atoms with E-state index in [9.17, 15) is 9.59 Å². The maximum Gasteiger partial charge on any atom is 0.349 e. The number of carbonyl (C=O) groups excluding carboxylic acids is 1. The van der Waals surface area contributed by atoms with Crippen molar-refractivity contribution < 1.29 is 4.79 Å². The normalized spacial score (nSPS) is 13.3. The number of hydrogen-bond donors (Lipinski definition) is 0. The molecule has 1 aromatic heterocycles. The molecule has 3 aromatic carbocycles. The van der Waals surface area contributed by atoms with E-state index in [1.54, 1.807) is 0 Å². The highest BCUT2D eigenvalue weighted by molar-refractivity contribution is 5.93. The second kappa shape index (κ2) is 7.59. The number of carbonyl (C=O) groups is 1. The molecule has 0 N–H and O–H groups in total. The molecule has 0 unspecified atom stereocenters.